The smallest absolute Gasteiger partial charge is 0.255 e. The first-order valence-corrected chi connectivity index (χ1v) is 13.7. The minimum atomic E-state index is -0.517. The van der Waals surface area contributed by atoms with Gasteiger partial charge in [0.1, 0.15) is 16.9 Å². The van der Waals surface area contributed by atoms with E-state index in [0.717, 1.165) is 22.4 Å². The molecule has 3 heterocycles. The second kappa shape index (κ2) is 10.4. The zero-order chi connectivity index (χ0) is 27.9. The molecule has 0 aliphatic carbocycles. The summed E-state index contributed by atoms with van der Waals surface area (Å²) in [6.07, 6.45) is 1.33. The molecule has 40 heavy (non-hydrogen) atoms. The van der Waals surface area contributed by atoms with Crippen LogP contribution in [-0.4, -0.2) is 36.2 Å². The predicted molar refractivity (Wildman–Crippen MR) is 155 cm³/mol. The average molecular weight is 540 g/mol. The van der Waals surface area contributed by atoms with E-state index < -0.39 is 5.60 Å². The number of nitrogens with zero attached hydrogens (tertiary/aromatic N) is 1. The number of piperidine rings is 1. The van der Waals surface area contributed by atoms with E-state index in [1.165, 1.54) is 0 Å². The van der Waals surface area contributed by atoms with E-state index in [4.69, 9.17) is 9.15 Å². The number of anilines is 2. The summed E-state index contributed by atoms with van der Waals surface area (Å²) in [5.74, 6) is 1.01. The Morgan fingerprint density at radius 1 is 1.05 bits per heavy atom. The molecule has 2 aliphatic heterocycles. The van der Waals surface area contributed by atoms with Gasteiger partial charge in [-0.05, 0) is 43.7 Å². The van der Waals surface area contributed by atoms with Crippen LogP contribution in [0.2, 0.25) is 0 Å². The SMILES string of the molecule is Cc1cc(C(C)Nc2ccccc2CO)c2oc(N3CCC4(CC3)CNC(=O)c3ccccc3O4)cc(=O)c2c1. The lowest BCUT2D eigenvalue weighted by Crippen LogP contribution is -2.53. The number of ether oxygens (including phenoxy) is 1. The van der Waals surface area contributed by atoms with Crippen LogP contribution < -0.4 is 25.7 Å². The van der Waals surface area contributed by atoms with Gasteiger partial charge in [0.25, 0.3) is 5.91 Å². The Bertz CT molecular complexity index is 1640. The molecule has 1 unspecified atom stereocenters. The van der Waals surface area contributed by atoms with Crippen LogP contribution in [0.4, 0.5) is 11.6 Å². The summed E-state index contributed by atoms with van der Waals surface area (Å²) in [6, 6.07) is 20.3. The number of para-hydroxylation sites is 2. The first kappa shape index (κ1) is 26.0. The number of hydrogen-bond acceptors (Lipinski definition) is 7. The van der Waals surface area contributed by atoms with Crippen molar-refractivity contribution in [1.82, 2.24) is 5.32 Å². The Morgan fingerprint density at radius 2 is 1.80 bits per heavy atom. The number of aliphatic hydroxyl groups is 1. The Balaban J connectivity index is 1.28. The molecular formula is C32H33N3O5. The molecule has 1 aromatic heterocycles. The van der Waals surface area contributed by atoms with Crippen molar-refractivity contribution in [3.05, 3.63) is 99.2 Å². The van der Waals surface area contributed by atoms with E-state index in [1.807, 2.05) is 68.4 Å². The van der Waals surface area contributed by atoms with Crippen molar-refractivity contribution in [2.24, 2.45) is 0 Å². The van der Waals surface area contributed by atoms with Crippen molar-refractivity contribution in [2.45, 2.75) is 44.9 Å². The third-order valence-corrected chi connectivity index (χ3v) is 8.03. The molecule has 6 rings (SSSR count). The van der Waals surface area contributed by atoms with E-state index >= 15 is 0 Å². The zero-order valence-corrected chi connectivity index (χ0v) is 22.7. The second-order valence-corrected chi connectivity index (χ2v) is 10.8. The third-order valence-electron chi connectivity index (χ3n) is 8.03. The molecule has 3 N–H and O–H groups in total. The van der Waals surface area contributed by atoms with Gasteiger partial charge in [0, 0.05) is 48.8 Å². The quantitative estimate of drug-likeness (QED) is 0.330. The molecule has 1 spiro atoms. The van der Waals surface area contributed by atoms with Crippen LogP contribution in [-0.2, 0) is 6.61 Å². The van der Waals surface area contributed by atoms with E-state index in [-0.39, 0.29) is 24.0 Å². The number of benzene rings is 3. The highest BCUT2D eigenvalue weighted by Gasteiger charge is 2.40. The molecular weight excluding hydrogens is 506 g/mol. The molecule has 0 radical (unpaired) electrons. The molecule has 1 amide bonds. The molecule has 1 fully saturated rings. The van der Waals surface area contributed by atoms with Crippen molar-refractivity contribution in [2.75, 3.05) is 29.9 Å². The van der Waals surface area contributed by atoms with Gasteiger partial charge in [-0.15, -0.1) is 0 Å². The molecule has 0 saturated carbocycles. The number of carbonyl (C=O) groups excluding carboxylic acids is 1. The van der Waals surface area contributed by atoms with Crippen molar-refractivity contribution < 1.29 is 19.1 Å². The number of aliphatic hydroxyl groups excluding tert-OH is 1. The molecule has 3 aromatic carbocycles. The fraction of sp³-hybridized carbons (Fsp3) is 0.312. The van der Waals surface area contributed by atoms with E-state index in [9.17, 15) is 14.7 Å². The molecule has 206 valence electrons. The van der Waals surface area contributed by atoms with Crippen LogP contribution in [0.5, 0.6) is 5.75 Å². The number of amides is 1. The number of nitrogens with one attached hydrogen (secondary N) is 2. The summed E-state index contributed by atoms with van der Waals surface area (Å²) in [6.45, 7) is 5.58. The highest BCUT2D eigenvalue weighted by Crippen LogP contribution is 2.36. The molecule has 4 aromatic rings. The van der Waals surface area contributed by atoms with Gasteiger partial charge < -0.3 is 29.8 Å². The average Bonchev–Trinajstić information content (AvgIpc) is 3.10. The molecule has 8 nitrogen and oxygen atoms in total. The predicted octanol–water partition coefficient (Wildman–Crippen LogP) is 4.93. The lowest BCUT2D eigenvalue weighted by Gasteiger charge is -2.41. The second-order valence-electron chi connectivity index (χ2n) is 10.8. The van der Waals surface area contributed by atoms with Crippen LogP contribution in [0.3, 0.4) is 0 Å². The topological polar surface area (TPSA) is 104 Å². The Hall–Kier alpha value is -4.30. The van der Waals surface area contributed by atoms with E-state index in [0.29, 0.717) is 60.6 Å². The fourth-order valence-electron chi connectivity index (χ4n) is 5.77. The Kier molecular flexibility index (Phi) is 6.72. The summed E-state index contributed by atoms with van der Waals surface area (Å²) < 4.78 is 12.9. The maximum Gasteiger partial charge on any atom is 0.255 e. The van der Waals surface area contributed by atoms with Crippen LogP contribution in [0.1, 0.15) is 52.9 Å². The minimum Gasteiger partial charge on any atom is -0.484 e. The van der Waals surface area contributed by atoms with E-state index in [1.54, 1.807) is 12.1 Å². The number of aryl methyl sites for hydroxylation is 1. The Labute approximate surface area is 232 Å². The lowest BCUT2D eigenvalue weighted by atomic mass is 9.91. The van der Waals surface area contributed by atoms with Crippen LogP contribution in [0.25, 0.3) is 11.0 Å². The third kappa shape index (κ3) is 4.79. The maximum atomic E-state index is 13.3. The largest absolute Gasteiger partial charge is 0.484 e. The molecule has 2 aliphatic rings. The number of rotatable bonds is 5. The van der Waals surface area contributed by atoms with Crippen LogP contribution >= 0.6 is 0 Å². The molecule has 1 atom stereocenters. The van der Waals surface area contributed by atoms with Crippen LogP contribution in [0.15, 0.2) is 75.9 Å². The van der Waals surface area contributed by atoms with Gasteiger partial charge >= 0.3 is 0 Å². The van der Waals surface area contributed by atoms with Gasteiger partial charge in [-0.1, -0.05) is 36.4 Å². The maximum absolute atomic E-state index is 13.3. The van der Waals surface area contributed by atoms with Crippen LogP contribution in [0, 0.1) is 6.92 Å². The summed E-state index contributed by atoms with van der Waals surface area (Å²) in [5.41, 5.74) is 3.99. The number of fused-ring (bicyclic) bond motifs is 2. The van der Waals surface area contributed by atoms with Gasteiger partial charge in [0.05, 0.1) is 30.1 Å². The zero-order valence-electron chi connectivity index (χ0n) is 22.7. The van der Waals surface area contributed by atoms with Gasteiger partial charge in [-0.3, -0.25) is 9.59 Å². The summed E-state index contributed by atoms with van der Waals surface area (Å²) in [7, 11) is 0. The first-order chi connectivity index (χ1) is 19.4. The lowest BCUT2D eigenvalue weighted by molar-refractivity contribution is 0.0466. The molecule has 1 saturated heterocycles. The number of hydrogen-bond donors (Lipinski definition) is 3. The normalized spacial score (nSPS) is 17.1. The van der Waals surface area contributed by atoms with Gasteiger partial charge in [-0.25, -0.2) is 0 Å². The van der Waals surface area contributed by atoms with Crippen molar-refractivity contribution in [1.29, 1.82) is 0 Å². The number of carbonyl (C=O) groups is 1. The van der Waals surface area contributed by atoms with Gasteiger partial charge in [0.15, 0.2) is 11.3 Å². The summed E-state index contributed by atoms with van der Waals surface area (Å²) in [4.78, 5) is 28.0. The van der Waals surface area contributed by atoms with Gasteiger partial charge in [-0.2, -0.15) is 0 Å². The highest BCUT2D eigenvalue weighted by atomic mass is 16.5. The first-order valence-electron chi connectivity index (χ1n) is 13.7. The summed E-state index contributed by atoms with van der Waals surface area (Å²) in [5, 5.41) is 16.8. The highest BCUT2D eigenvalue weighted by molar-refractivity contribution is 5.97. The van der Waals surface area contributed by atoms with Gasteiger partial charge in [0.2, 0.25) is 0 Å². The monoisotopic (exact) mass is 539 g/mol. The standard InChI is InChI=1S/C32H33N3O5/c1-20-15-24(21(2)34-26-9-5-3-7-22(26)18-36)30-25(16-20)27(37)17-29(39-30)35-13-11-32(12-14-35)19-33-31(38)23-8-4-6-10-28(23)40-32/h3-10,15-17,21,34,36H,11-14,18-19H2,1-2H3,(H,33,38). The fourth-order valence-corrected chi connectivity index (χ4v) is 5.77. The Morgan fingerprint density at radius 3 is 2.60 bits per heavy atom. The molecule has 8 heteroatoms. The van der Waals surface area contributed by atoms with Crippen molar-refractivity contribution in [3.8, 4) is 5.75 Å². The van der Waals surface area contributed by atoms with Crippen molar-refractivity contribution >= 4 is 28.4 Å². The minimum absolute atomic E-state index is 0.0703. The molecule has 0 bridgehead atoms. The van der Waals surface area contributed by atoms with Crippen molar-refractivity contribution in [3.63, 3.8) is 0 Å². The summed E-state index contributed by atoms with van der Waals surface area (Å²) >= 11 is 0. The van der Waals surface area contributed by atoms with E-state index in [2.05, 4.69) is 15.5 Å².